The Labute approximate surface area is 206 Å². The topological polar surface area (TPSA) is 70.7 Å². The lowest BCUT2D eigenvalue weighted by molar-refractivity contribution is -0.135. The molecular weight excluding hydrogens is 452 g/mol. The second-order valence-corrected chi connectivity index (χ2v) is 9.87. The van der Waals surface area contributed by atoms with Crippen molar-refractivity contribution in [1.29, 1.82) is 0 Å². The van der Waals surface area contributed by atoms with Crippen LogP contribution in [0.3, 0.4) is 0 Å². The van der Waals surface area contributed by atoms with Crippen molar-refractivity contribution in [3.63, 3.8) is 0 Å². The largest absolute Gasteiger partial charge is 0.489 e. The maximum absolute atomic E-state index is 13.6. The van der Waals surface area contributed by atoms with E-state index >= 15 is 0 Å². The summed E-state index contributed by atoms with van der Waals surface area (Å²) in [5.74, 6) is 1.50. The molecule has 4 rings (SSSR count). The average Bonchev–Trinajstić information content (AvgIpc) is 3.15. The van der Waals surface area contributed by atoms with Gasteiger partial charge in [0, 0.05) is 44.2 Å². The highest BCUT2D eigenvalue weighted by Crippen LogP contribution is 2.38. The zero-order valence-corrected chi connectivity index (χ0v) is 21.1. The van der Waals surface area contributed by atoms with Crippen LogP contribution < -0.4 is 14.4 Å². The Kier molecular flexibility index (Phi) is 7.51. The second kappa shape index (κ2) is 10.6. The van der Waals surface area contributed by atoms with E-state index in [1.807, 2.05) is 49.3 Å². The molecule has 7 nitrogen and oxygen atoms in total. The molecule has 1 aliphatic heterocycles. The number of hydrogen-bond donors (Lipinski definition) is 1. The van der Waals surface area contributed by atoms with Gasteiger partial charge in [0.1, 0.15) is 0 Å². The van der Waals surface area contributed by atoms with Gasteiger partial charge in [-0.2, -0.15) is 5.10 Å². The number of aromatic nitrogens is 2. The maximum atomic E-state index is 13.6. The van der Waals surface area contributed by atoms with E-state index in [9.17, 15) is 4.79 Å². The van der Waals surface area contributed by atoms with Gasteiger partial charge in [0.15, 0.2) is 11.5 Å². The van der Waals surface area contributed by atoms with E-state index in [1.54, 1.807) is 0 Å². The molecule has 0 spiro atoms. The number of ether oxygens (including phenoxy) is 2. The molecule has 0 bridgehead atoms. The molecule has 34 heavy (non-hydrogen) atoms. The maximum Gasteiger partial charge on any atom is 0.227 e. The predicted molar refractivity (Wildman–Crippen MR) is 136 cm³/mol. The van der Waals surface area contributed by atoms with Crippen LogP contribution >= 0.6 is 11.6 Å². The van der Waals surface area contributed by atoms with Crippen molar-refractivity contribution in [3.8, 4) is 11.5 Å². The minimum atomic E-state index is -0.193. The fraction of sp³-hybridized carbons (Fsp3) is 0.462. The molecule has 1 atom stereocenters. The molecule has 8 heteroatoms. The molecule has 1 unspecified atom stereocenters. The number of fused-ring (bicyclic) bond motifs is 2. The van der Waals surface area contributed by atoms with Crippen molar-refractivity contribution in [2.24, 2.45) is 11.8 Å². The lowest BCUT2D eigenvalue weighted by Gasteiger charge is -2.30. The van der Waals surface area contributed by atoms with Gasteiger partial charge in [-0.3, -0.25) is 9.89 Å². The number of aromatic amines is 1. The Hall–Kier alpha value is -2.93. The van der Waals surface area contributed by atoms with Crippen LogP contribution in [-0.2, 0) is 11.3 Å². The molecule has 1 amide bonds. The van der Waals surface area contributed by atoms with Crippen molar-refractivity contribution in [2.45, 2.75) is 33.7 Å². The molecule has 0 fully saturated rings. The number of carbonyl (C=O) groups excluding carboxylic acids is 1. The van der Waals surface area contributed by atoms with Gasteiger partial charge in [-0.15, -0.1) is 0 Å². The standard InChI is InChI=1S/C26H33ClN4O3/c1-17(2)14-31(16-19-11-21(27)25-24(12-19)33-9-6-10-34-25)26(32)18(3)15-30(4)23-8-5-7-22-20(23)13-28-29-22/h5,7-8,11-13,17-18H,6,9-10,14-16H2,1-4H3,(H,28,29). The molecule has 0 saturated heterocycles. The first-order chi connectivity index (χ1) is 16.3. The monoisotopic (exact) mass is 484 g/mol. The van der Waals surface area contributed by atoms with E-state index in [4.69, 9.17) is 21.1 Å². The highest BCUT2D eigenvalue weighted by Gasteiger charge is 2.25. The fourth-order valence-corrected chi connectivity index (χ4v) is 4.74. The predicted octanol–water partition coefficient (Wildman–Crippen LogP) is 5.13. The van der Waals surface area contributed by atoms with Gasteiger partial charge in [-0.1, -0.05) is 38.4 Å². The first-order valence-corrected chi connectivity index (χ1v) is 12.2. The number of carbonyl (C=O) groups is 1. The molecule has 0 saturated carbocycles. The van der Waals surface area contributed by atoms with Crippen molar-refractivity contribution in [1.82, 2.24) is 15.1 Å². The Morgan fingerprint density at radius 1 is 1.18 bits per heavy atom. The molecule has 3 aromatic rings. The van der Waals surface area contributed by atoms with Crippen LogP contribution in [0.5, 0.6) is 11.5 Å². The van der Waals surface area contributed by atoms with Crippen LogP contribution in [0.25, 0.3) is 10.9 Å². The van der Waals surface area contributed by atoms with Gasteiger partial charge in [0.25, 0.3) is 0 Å². The van der Waals surface area contributed by atoms with Crippen LogP contribution in [0.2, 0.25) is 5.02 Å². The van der Waals surface area contributed by atoms with Crippen LogP contribution in [0, 0.1) is 11.8 Å². The van der Waals surface area contributed by atoms with Crippen molar-refractivity contribution in [3.05, 3.63) is 47.1 Å². The molecule has 1 N–H and O–H groups in total. The third kappa shape index (κ3) is 5.41. The van der Waals surface area contributed by atoms with Crippen molar-refractivity contribution < 1.29 is 14.3 Å². The summed E-state index contributed by atoms with van der Waals surface area (Å²) < 4.78 is 11.6. The van der Waals surface area contributed by atoms with Gasteiger partial charge in [-0.05, 0) is 35.7 Å². The number of hydrogen-bond acceptors (Lipinski definition) is 5. The number of H-pyrrole nitrogens is 1. The number of amides is 1. The quantitative estimate of drug-likeness (QED) is 0.479. The molecule has 2 heterocycles. The molecular formula is C26H33ClN4O3. The number of anilines is 1. The van der Waals surface area contributed by atoms with Crippen molar-refractivity contribution >= 4 is 34.1 Å². The summed E-state index contributed by atoms with van der Waals surface area (Å²) in [5, 5.41) is 8.73. The van der Waals surface area contributed by atoms with Gasteiger partial charge in [0.2, 0.25) is 5.91 Å². The summed E-state index contributed by atoms with van der Waals surface area (Å²) in [6.45, 7) is 9.14. The summed E-state index contributed by atoms with van der Waals surface area (Å²) in [6, 6.07) is 9.88. The summed E-state index contributed by atoms with van der Waals surface area (Å²) in [4.78, 5) is 17.6. The zero-order chi connectivity index (χ0) is 24.2. The number of halogens is 1. The Bertz CT molecular complexity index is 1150. The number of nitrogens with zero attached hydrogens (tertiary/aromatic N) is 3. The van der Waals surface area contributed by atoms with E-state index in [0.29, 0.717) is 55.3 Å². The first-order valence-electron chi connectivity index (χ1n) is 11.8. The van der Waals surface area contributed by atoms with Gasteiger partial charge >= 0.3 is 0 Å². The highest BCUT2D eigenvalue weighted by atomic mass is 35.5. The Morgan fingerprint density at radius 3 is 2.76 bits per heavy atom. The van der Waals surface area contributed by atoms with Gasteiger partial charge < -0.3 is 19.3 Å². The molecule has 1 aliphatic rings. The Morgan fingerprint density at radius 2 is 1.97 bits per heavy atom. The summed E-state index contributed by atoms with van der Waals surface area (Å²) in [6.07, 6.45) is 2.64. The molecule has 0 aliphatic carbocycles. The van der Waals surface area contributed by atoms with E-state index in [2.05, 4.69) is 35.0 Å². The van der Waals surface area contributed by atoms with E-state index in [1.165, 1.54) is 0 Å². The fourth-order valence-electron chi connectivity index (χ4n) is 4.45. The zero-order valence-electron chi connectivity index (χ0n) is 20.3. The molecule has 182 valence electrons. The summed E-state index contributed by atoms with van der Waals surface area (Å²) in [5.41, 5.74) is 2.97. The van der Waals surface area contributed by atoms with Crippen LogP contribution in [0.15, 0.2) is 36.5 Å². The summed E-state index contributed by atoms with van der Waals surface area (Å²) in [7, 11) is 2.02. The average molecular weight is 485 g/mol. The van der Waals surface area contributed by atoms with E-state index in [0.717, 1.165) is 28.6 Å². The van der Waals surface area contributed by atoms with Crippen LogP contribution in [-0.4, -0.2) is 54.4 Å². The third-order valence-corrected chi connectivity index (χ3v) is 6.26. The van der Waals surface area contributed by atoms with Crippen molar-refractivity contribution in [2.75, 3.05) is 38.3 Å². The SMILES string of the molecule is CC(C)CN(Cc1cc(Cl)c2c(c1)OCCCO2)C(=O)C(C)CN(C)c1cccc2[nH]ncc12. The smallest absolute Gasteiger partial charge is 0.227 e. The van der Waals surface area contributed by atoms with Crippen LogP contribution in [0.1, 0.15) is 32.8 Å². The lowest BCUT2D eigenvalue weighted by Crippen LogP contribution is -2.41. The van der Waals surface area contributed by atoms with Gasteiger partial charge in [-0.25, -0.2) is 0 Å². The number of benzene rings is 2. The van der Waals surface area contributed by atoms with Gasteiger partial charge in [0.05, 0.1) is 35.9 Å². The van der Waals surface area contributed by atoms with E-state index < -0.39 is 0 Å². The Balaban J connectivity index is 1.50. The minimum absolute atomic E-state index is 0.114. The molecule has 2 aromatic carbocycles. The lowest BCUT2D eigenvalue weighted by atomic mass is 10.1. The third-order valence-electron chi connectivity index (χ3n) is 5.97. The normalized spacial score (nSPS) is 14.2. The van der Waals surface area contributed by atoms with E-state index in [-0.39, 0.29) is 11.8 Å². The molecule has 0 radical (unpaired) electrons. The number of nitrogens with one attached hydrogen (secondary N) is 1. The second-order valence-electron chi connectivity index (χ2n) is 9.46. The first kappa shape index (κ1) is 24.2. The minimum Gasteiger partial charge on any atom is -0.489 e. The highest BCUT2D eigenvalue weighted by molar-refractivity contribution is 6.32. The molecule has 1 aromatic heterocycles. The number of rotatable bonds is 8. The van der Waals surface area contributed by atoms with Crippen LogP contribution in [0.4, 0.5) is 5.69 Å². The summed E-state index contributed by atoms with van der Waals surface area (Å²) >= 11 is 6.50.